The number of benzene rings is 1. The number of nitrogens with two attached hydrogens (primary N) is 1. The molecule has 0 bridgehead atoms. The van der Waals surface area contributed by atoms with E-state index in [1.54, 1.807) is 31.2 Å². The van der Waals surface area contributed by atoms with Crippen molar-refractivity contribution >= 4 is 5.69 Å². The number of hydrogen-bond donors (Lipinski definition) is 4. The summed E-state index contributed by atoms with van der Waals surface area (Å²) in [6.07, 6.45) is -3.72. The predicted octanol–water partition coefficient (Wildman–Crippen LogP) is -0.277. The molecule has 0 aromatic heterocycles. The molecule has 106 valence electrons. The van der Waals surface area contributed by atoms with Crippen LogP contribution < -0.4 is 10.5 Å². The minimum absolute atomic E-state index is 0.382. The van der Waals surface area contributed by atoms with Gasteiger partial charge in [0.05, 0.1) is 12.7 Å². The lowest BCUT2D eigenvalue weighted by Gasteiger charge is -2.40. The quantitative estimate of drug-likeness (QED) is 0.563. The minimum atomic E-state index is -1.12. The van der Waals surface area contributed by atoms with E-state index in [2.05, 4.69) is 0 Å². The normalized spacial score (nSPS) is 35.1. The van der Waals surface area contributed by atoms with E-state index in [9.17, 15) is 10.2 Å². The van der Waals surface area contributed by atoms with Gasteiger partial charge in [-0.3, -0.25) is 0 Å². The Hall–Kier alpha value is -1.34. The predicted molar refractivity (Wildman–Crippen MR) is 68.4 cm³/mol. The maximum Gasteiger partial charge on any atom is 0.205 e. The Morgan fingerprint density at radius 3 is 2.42 bits per heavy atom. The fourth-order valence-corrected chi connectivity index (χ4v) is 2.04. The fraction of sp³-hybridized carbons (Fsp3) is 0.538. The summed E-state index contributed by atoms with van der Waals surface area (Å²) >= 11 is 0. The lowest BCUT2D eigenvalue weighted by Crippen LogP contribution is -2.56. The van der Waals surface area contributed by atoms with Gasteiger partial charge in [0.1, 0.15) is 18.0 Å². The first kappa shape index (κ1) is 14.1. The second kappa shape index (κ2) is 5.75. The van der Waals surface area contributed by atoms with Gasteiger partial charge in [0.15, 0.2) is 0 Å². The van der Waals surface area contributed by atoms with Gasteiger partial charge in [-0.25, -0.2) is 0 Å². The third kappa shape index (κ3) is 2.98. The van der Waals surface area contributed by atoms with Gasteiger partial charge in [-0.1, -0.05) is 6.92 Å². The summed E-state index contributed by atoms with van der Waals surface area (Å²) in [5, 5.41) is 28.7. The molecule has 0 saturated carbocycles. The van der Waals surface area contributed by atoms with E-state index in [1.807, 2.05) is 0 Å². The molecule has 6 heteroatoms. The second-order valence-electron chi connectivity index (χ2n) is 4.75. The topological polar surface area (TPSA) is 105 Å². The lowest BCUT2D eigenvalue weighted by molar-refractivity contribution is -0.256. The van der Waals surface area contributed by atoms with Crippen LogP contribution in [0, 0.1) is 5.92 Å². The number of aliphatic hydroxyl groups is 3. The van der Waals surface area contributed by atoms with Crippen LogP contribution in [0.4, 0.5) is 5.69 Å². The standard InChI is InChI=1S/C13H19NO5/c1-7-11(16)12(17)10(6-15)19-13(7)18-9-4-2-8(14)3-5-9/h2-5,7,10-13,15-17H,6,14H2,1H3/t7-,10-,11?,12+,13-/m1/s1. The van der Waals surface area contributed by atoms with Gasteiger partial charge in [0.25, 0.3) is 0 Å². The summed E-state index contributed by atoms with van der Waals surface area (Å²) in [5.41, 5.74) is 6.20. The van der Waals surface area contributed by atoms with Crippen LogP contribution in [0.5, 0.6) is 5.75 Å². The van der Waals surface area contributed by atoms with E-state index in [0.29, 0.717) is 11.4 Å². The Morgan fingerprint density at radius 1 is 1.21 bits per heavy atom. The largest absolute Gasteiger partial charge is 0.465 e. The van der Waals surface area contributed by atoms with Gasteiger partial charge >= 0.3 is 0 Å². The van der Waals surface area contributed by atoms with E-state index in [4.69, 9.17) is 20.3 Å². The molecule has 1 heterocycles. The smallest absolute Gasteiger partial charge is 0.205 e. The van der Waals surface area contributed by atoms with E-state index in [-0.39, 0.29) is 6.61 Å². The Balaban J connectivity index is 2.08. The molecule has 19 heavy (non-hydrogen) atoms. The van der Waals surface area contributed by atoms with Crippen LogP contribution in [-0.2, 0) is 4.74 Å². The molecule has 6 nitrogen and oxygen atoms in total. The van der Waals surface area contributed by atoms with Crippen LogP contribution in [0.25, 0.3) is 0 Å². The molecule has 0 amide bonds. The van der Waals surface area contributed by atoms with Crippen molar-refractivity contribution in [1.29, 1.82) is 0 Å². The molecule has 1 aromatic carbocycles. The van der Waals surface area contributed by atoms with Crippen molar-refractivity contribution in [2.24, 2.45) is 5.92 Å². The fourth-order valence-electron chi connectivity index (χ4n) is 2.04. The van der Waals surface area contributed by atoms with Crippen molar-refractivity contribution in [3.05, 3.63) is 24.3 Å². The zero-order valence-electron chi connectivity index (χ0n) is 10.6. The molecular weight excluding hydrogens is 250 g/mol. The van der Waals surface area contributed by atoms with Crippen molar-refractivity contribution in [3.8, 4) is 5.75 Å². The monoisotopic (exact) mass is 269 g/mol. The summed E-state index contributed by atoms with van der Waals surface area (Å²) < 4.78 is 11.1. The first-order valence-electron chi connectivity index (χ1n) is 6.17. The Kier molecular flexibility index (Phi) is 4.26. The molecule has 0 spiro atoms. The molecule has 2 rings (SSSR count). The number of anilines is 1. The zero-order valence-corrected chi connectivity index (χ0v) is 10.6. The third-order valence-electron chi connectivity index (χ3n) is 3.32. The van der Waals surface area contributed by atoms with Gasteiger partial charge in [-0.05, 0) is 24.3 Å². The van der Waals surface area contributed by atoms with Crippen molar-refractivity contribution < 1.29 is 24.8 Å². The summed E-state index contributed by atoms with van der Waals surface area (Å²) in [7, 11) is 0. The molecule has 5 atom stereocenters. The molecule has 0 radical (unpaired) electrons. The number of ether oxygens (including phenoxy) is 2. The summed E-state index contributed by atoms with van der Waals surface area (Å²) in [6.45, 7) is 1.33. The highest BCUT2D eigenvalue weighted by Gasteiger charge is 2.43. The summed E-state index contributed by atoms with van der Waals surface area (Å²) in [4.78, 5) is 0. The van der Waals surface area contributed by atoms with Gasteiger partial charge in [-0.2, -0.15) is 0 Å². The highest BCUT2D eigenvalue weighted by molar-refractivity contribution is 5.41. The summed E-state index contributed by atoms with van der Waals surface area (Å²) in [5.74, 6) is 0.127. The number of rotatable bonds is 3. The van der Waals surface area contributed by atoms with Crippen molar-refractivity contribution in [2.45, 2.75) is 31.5 Å². The molecular formula is C13H19NO5. The average molecular weight is 269 g/mol. The molecule has 1 aliphatic rings. The maximum absolute atomic E-state index is 9.90. The van der Waals surface area contributed by atoms with Crippen LogP contribution >= 0.6 is 0 Å². The van der Waals surface area contributed by atoms with Crippen LogP contribution in [-0.4, -0.2) is 46.5 Å². The van der Waals surface area contributed by atoms with Gasteiger partial charge < -0.3 is 30.5 Å². The van der Waals surface area contributed by atoms with Crippen LogP contribution in [0.3, 0.4) is 0 Å². The Morgan fingerprint density at radius 2 is 1.84 bits per heavy atom. The van der Waals surface area contributed by atoms with Crippen LogP contribution in [0.2, 0.25) is 0 Å². The first-order valence-corrected chi connectivity index (χ1v) is 6.17. The molecule has 0 aliphatic carbocycles. The van der Waals surface area contributed by atoms with Crippen LogP contribution in [0.1, 0.15) is 6.92 Å². The molecule has 1 saturated heterocycles. The molecule has 1 unspecified atom stereocenters. The SMILES string of the molecule is C[C@@H]1C(O)[C@@H](O)[C@@H](CO)O[C@H]1Oc1ccc(N)cc1. The van der Waals surface area contributed by atoms with E-state index >= 15 is 0 Å². The van der Waals surface area contributed by atoms with E-state index in [0.717, 1.165) is 0 Å². The molecule has 1 fully saturated rings. The van der Waals surface area contributed by atoms with Crippen molar-refractivity contribution in [1.82, 2.24) is 0 Å². The minimum Gasteiger partial charge on any atom is -0.465 e. The first-order chi connectivity index (χ1) is 9.02. The Bertz CT molecular complexity index is 408. The molecule has 1 aromatic rings. The second-order valence-corrected chi connectivity index (χ2v) is 4.75. The van der Waals surface area contributed by atoms with Gasteiger partial charge in [-0.15, -0.1) is 0 Å². The zero-order chi connectivity index (χ0) is 14.0. The molecule has 1 aliphatic heterocycles. The van der Waals surface area contributed by atoms with Crippen molar-refractivity contribution in [2.75, 3.05) is 12.3 Å². The molecule has 5 N–H and O–H groups in total. The number of hydrogen-bond acceptors (Lipinski definition) is 6. The summed E-state index contributed by atoms with van der Waals surface area (Å²) in [6, 6.07) is 6.77. The van der Waals surface area contributed by atoms with E-state index in [1.165, 1.54) is 0 Å². The van der Waals surface area contributed by atoms with Crippen molar-refractivity contribution in [3.63, 3.8) is 0 Å². The van der Waals surface area contributed by atoms with Gasteiger partial charge in [0.2, 0.25) is 6.29 Å². The lowest BCUT2D eigenvalue weighted by atomic mass is 9.92. The highest BCUT2D eigenvalue weighted by atomic mass is 16.7. The van der Waals surface area contributed by atoms with Gasteiger partial charge in [0, 0.05) is 11.6 Å². The maximum atomic E-state index is 9.90. The highest BCUT2D eigenvalue weighted by Crippen LogP contribution is 2.28. The number of aliphatic hydroxyl groups excluding tert-OH is 3. The third-order valence-corrected chi connectivity index (χ3v) is 3.32. The number of nitrogen functional groups attached to an aromatic ring is 1. The average Bonchev–Trinajstić information content (AvgIpc) is 2.42. The van der Waals surface area contributed by atoms with Crippen LogP contribution in [0.15, 0.2) is 24.3 Å². The Labute approximate surface area is 111 Å². The van der Waals surface area contributed by atoms with E-state index < -0.39 is 30.5 Å².